The van der Waals surface area contributed by atoms with Gasteiger partial charge in [0, 0.05) is 19.0 Å². The summed E-state index contributed by atoms with van der Waals surface area (Å²) in [5.74, 6) is 0.319. The number of nitrogens with zero attached hydrogens (tertiary/aromatic N) is 1. The lowest BCUT2D eigenvalue weighted by Gasteiger charge is -2.42. The molecule has 2 aliphatic rings. The van der Waals surface area contributed by atoms with Gasteiger partial charge in [0.2, 0.25) is 0 Å². The zero-order valence-corrected chi connectivity index (χ0v) is 12.8. The zero-order chi connectivity index (χ0) is 14.8. The standard InChI is InChI=1S/C18H25NO2/c1-13-8-9-17(16-7-3-2-6-15(13)16)19-10-4-5-14(12-19)11-18(20)21/h2-3,6-7,13-14,17H,4-5,8-12H2,1H3,(H,20,21). The predicted octanol–water partition coefficient (Wildman–Crippen LogP) is 3.81. The van der Waals surface area contributed by atoms with E-state index in [2.05, 4.69) is 36.1 Å². The van der Waals surface area contributed by atoms with E-state index in [0.717, 1.165) is 25.9 Å². The van der Waals surface area contributed by atoms with E-state index in [1.165, 1.54) is 24.0 Å². The molecule has 1 aromatic rings. The van der Waals surface area contributed by atoms with Gasteiger partial charge in [-0.3, -0.25) is 9.69 Å². The number of aliphatic carboxylic acids is 1. The molecule has 1 heterocycles. The number of likely N-dealkylation sites (tertiary alicyclic amines) is 1. The Balaban J connectivity index is 1.78. The molecule has 0 bridgehead atoms. The van der Waals surface area contributed by atoms with Gasteiger partial charge < -0.3 is 5.11 Å². The third-order valence-electron chi connectivity index (χ3n) is 5.21. The number of hydrogen-bond donors (Lipinski definition) is 1. The lowest BCUT2D eigenvalue weighted by Crippen LogP contribution is -2.40. The summed E-state index contributed by atoms with van der Waals surface area (Å²) < 4.78 is 0. The molecule has 3 heteroatoms. The quantitative estimate of drug-likeness (QED) is 0.919. The van der Waals surface area contributed by atoms with E-state index < -0.39 is 5.97 Å². The van der Waals surface area contributed by atoms with Gasteiger partial charge in [0.25, 0.3) is 0 Å². The summed E-state index contributed by atoms with van der Waals surface area (Å²) in [5, 5.41) is 9.04. The highest BCUT2D eigenvalue weighted by atomic mass is 16.4. The summed E-state index contributed by atoms with van der Waals surface area (Å²) in [6.45, 7) is 4.38. The Bertz CT molecular complexity index is 514. The first-order chi connectivity index (χ1) is 10.1. The summed E-state index contributed by atoms with van der Waals surface area (Å²) in [4.78, 5) is 13.5. The molecular formula is C18H25NO2. The maximum absolute atomic E-state index is 11.0. The van der Waals surface area contributed by atoms with Crippen LogP contribution in [0.1, 0.15) is 62.1 Å². The summed E-state index contributed by atoms with van der Waals surface area (Å²) in [7, 11) is 0. The van der Waals surface area contributed by atoms with Gasteiger partial charge in [-0.15, -0.1) is 0 Å². The molecule has 1 aliphatic heterocycles. The van der Waals surface area contributed by atoms with E-state index in [1.54, 1.807) is 0 Å². The Kier molecular flexibility index (Phi) is 4.29. The Hall–Kier alpha value is -1.35. The summed E-state index contributed by atoms with van der Waals surface area (Å²) >= 11 is 0. The molecule has 3 atom stereocenters. The number of benzene rings is 1. The molecule has 0 radical (unpaired) electrons. The largest absolute Gasteiger partial charge is 0.481 e. The molecule has 21 heavy (non-hydrogen) atoms. The van der Waals surface area contributed by atoms with Crippen molar-refractivity contribution in [2.75, 3.05) is 13.1 Å². The van der Waals surface area contributed by atoms with E-state index >= 15 is 0 Å². The molecule has 1 aliphatic carbocycles. The molecule has 3 unspecified atom stereocenters. The van der Waals surface area contributed by atoms with Gasteiger partial charge in [0.05, 0.1) is 0 Å². The van der Waals surface area contributed by atoms with Crippen molar-refractivity contribution in [3.8, 4) is 0 Å². The molecule has 1 fully saturated rings. The highest BCUT2D eigenvalue weighted by Crippen LogP contribution is 2.41. The first-order valence-corrected chi connectivity index (χ1v) is 8.20. The number of carboxylic acids is 1. The van der Waals surface area contributed by atoms with Crippen LogP contribution >= 0.6 is 0 Å². The number of carbonyl (C=O) groups is 1. The molecule has 0 amide bonds. The number of hydrogen-bond acceptors (Lipinski definition) is 2. The topological polar surface area (TPSA) is 40.5 Å². The first-order valence-electron chi connectivity index (χ1n) is 8.20. The van der Waals surface area contributed by atoms with Gasteiger partial charge in [-0.05, 0) is 55.2 Å². The fraction of sp³-hybridized carbons (Fsp3) is 0.611. The van der Waals surface area contributed by atoms with Crippen LogP contribution in [0.15, 0.2) is 24.3 Å². The van der Waals surface area contributed by atoms with Crippen LogP contribution in [0.25, 0.3) is 0 Å². The second-order valence-electron chi connectivity index (χ2n) is 6.72. The third kappa shape index (κ3) is 3.13. The molecule has 114 valence electrons. The maximum atomic E-state index is 11.0. The second-order valence-corrected chi connectivity index (χ2v) is 6.72. The van der Waals surface area contributed by atoms with Crippen molar-refractivity contribution in [1.82, 2.24) is 4.90 Å². The molecule has 1 N–H and O–H groups in total. The molecular weight excluding hydrogens is 262 g/mol. The van der Waals surface area contributed by atoms with E-state index in [1.807, 2.05) is 0 Å². The van der Waals surface area contributed by atoms with E-state index in [4.69, 9.17) is 5.11 Å². The minimum Gasteiger partial charge on any atom is -0.481 e. The Labute approximate surface area is 127 Å². The molecule has 0 aromatic heterocycles. The average molecular weight is 287 g/mol. The molecule has 1 aromatic carbocycles. The van der Waals surface area contributed by atoms with Crippen LogP contribution < -0.4 is 0 Å². The molecule has 3 nitrogen and oxygen atoms in total. The molecule has 0 saturated carbocycles. The van der Waals surface area contributed by atoms with Crippen LogP contribution in [0.4, 0.5) is 0 Å². The summed E-state index contributed by atoms with van der Waals surface area (Å²) in [5.41, 5.74) is 2.97. The van der Waals surface area contributed by atoms with Crippen LogP contribution in [0.3, 0.4) is 0 Å². The first kappa shape index (κ1) is 14.6. The van der Waals surface area contributed by atoms with Crippen LogP contribution in [0.5, 0.6) is 0 Å². The summed E-state index contributed by atoms with van der Waals surface area (Å²) in [6, 6.07) is 9.32. The van der Waals surface area contributed by atoms with Crippen molar-refractivity contribution in [1.29, 1.82) is 0 Å². The zero-order valence-electron chi connectivity index (χ0n) is 12.8. The average Bonchev–Trinajstić information content (AvgIpc) is 2.47. The van der Waals surface area contributed by atoms with Gasteiger partial charge in [0.15, 0.2) is 0 Å². The van der Waals surface area contributed by atoms with E-state index in [9.17, 15) is 4.79 Å². The number of piperidine rings is 1. The molecule has 3 rings (SSSR count). The number of fused-ring (bicyclic) bond motifs is 1. The van der Waals surface area contributed by atoms with Gasteiger partial charge >= 0.3 is 5.97 Å². The normalized spacial score (nSPS) is 29.9. The lowest BCUT2D eigenvalue weighted by atomic mass is 9.79. The van der Waals surface area contributed by atoms with E-state index in [0.29, 0.717) is 24.3 Å². The van der Waals surface area contributed by atoms with Gasteiger partial charge in [-0.2, -0.15) is 0 Å². The highest BCUT2D eigenvalue weighted by molar-refractivity contribution is 5.67. The molecule has 1 saturated heterocycles. The number of rotatable bonds is 3. The minimum atomic E-state index is -0.653. The molecule has 0 spiro atoms. The summed E-state index contributed by atoms with van der Waals surface area (Å²) in [6.07, 6.45) is 4.96. The predicted molar refractivity (Wildman–Crippen MR) is 83.4 cm³/mol. The third-order valence-corrected chi connectivity index (χ3v) is 5.21. The van der Waals surface area contributed by atoms with Gasteiger partial charge in [-0.25, -0.2) is 0 Å². The van der Waals surface area contributed by atoms with Crippen molar-refractivity contribution in [3.05, 3.63) is 35.4 Å². The minimum absolute atomic E-state index is 0.321. The van der Waals surface area contributed by atoms with Crippen molar-refractivity contribution in [2.45, 2.75) is 51.0 Å². The Morgan fingerprint density at radius 3 is 2.76 bits per heavy atom. The maximum Gasteiger partial charge on any atom is 0.303 e. The van der Waals surface area contributed by atoms with Crippen molar-refractivity contribution in [3.63, 3.8) is 0 Å². The smallest absolute Gasteiger partial charge is 0.303 e. The van der Waals surface area contributed by atoms with Crippen LogP contribution in [-0.2, 0) is 4.79 Å². The van der Waals surface area contributed by atoms with Gasteiger partial charge in [0.1, 0.15) is 0 Å². The Morgan fingerprint density at radius 2 is 2.00 bits per heavy atom. The SMILES string of the molecule is CC1CCC(N2CCCC(CC(=O)O)C2)c2ccccc21. The van der Waals surface area contributed by atoms with Gasteiger partial charge in [-0.1, -0.05) is 31.2 Å². The Morgan fingerprint density at radius 1 is 1.24 bits per heavy atom. The fourth-order valence-corrected chi connectivity index (χ4v) is 4.16. The van der Waals surface area contributed by atoms with Crippen LogP contribution in [0.2, 0.25) is 0 Å². The van der Waals surface area contributed by atoms with Crippen molar-refractivity contribution >= 4 is 5.97 Å². The highest BCUT2D eigenvalue weighted by Gasteiger charge is 2.32. The van der Waals surface area contributed by atoms with Crippen LogP contribution in [-0.4, -0.2) is 29.1 Å². The lowest BCUT2D eigenvalue weighted by molar-refractivity contribution is -0.138. The number of carboxylic acid groups (broad SMARTS) is 1. The monoisotopic (exact) mass is 287 g/mol. The van der Waals surface area contributed by atoms with E-state index in [-0.39, 0.29) is 0 Å². The van der Waals surface area contributed by atoms with Crippen molar-refractivity contribution < 1.29 is 9.90 Å². The van der Waals surface area contributed by atoms with Crippen molar-refractivity contribution in [2.24, 2.45) is 5.92 Å². The van der Waals surface area contributed by atoms with Crippen LogP contribution in [0, 0.1) is 5.92 Å². The second kappa shape index (κ2) is 6.18. The fourth-order valence-electron chi connectivity index (χ4n) is 4.16.